The summed E-state index contributed by atoms with van der Waals surface area (Å²) in [4.78, 5) is 24.0. The third-order valence-electron chi connectivity index (χ3n) is 4.84. The number of benzene rings is 3. The van der Waals surface area contributed by atoms with Gasteiger partial charge in [-0.05, 0) is 48.9 Å². The summed E-state index contributed by atoms with van der Waals surface area (Å²) >= 11 is 1.39. The second-order valence-corrected chi connectivity index (χ2v) is 8.16. The topological polar surface area (TPSA) is 66.3 Å². The number of carbonyl (C=O) groups excluding carboxylic acids is 1. The Morgan fingerprint density at radius 2 is 1.84 bits per heavy atom. The molecule has 0 fully saturated rings. The fourth-order valence-corrected chi connectivity index (χ4v) is 4.04. The summed E-state index contributed by atoms with van der Waals surface area (Å²) in [6.45, 7) is 2.42. The number of amidine groups is 2. The summed E-state index contributed by atoms with van der Waals surface area (Å²) in [5.74, 6) is 1.60. The monoisotopic (exact) mass is 444 g/mol. The molecule has 0 saturated heterocycles. The van der Waals surface area contributed by atoms with E-state index in [1.165, 1.54) is 11.8 Å². The second-order valence-electron chi connectivity index (χ2n) is 7.22. The van der Waals surface area contributed by atoms with Gasteiger partial charge in [-0.15, -0.1) is 0 Å². The van der Waals surface area contributed by atoms with Crippen molar-refractivity contribution in [2.45, 2.75) is 6.92 Å². The molecule has 1 N–H and O–H groups in total. The van der Waals surface area contributed by atoms with Crippen LogP contribution < -0.4 is 15.0 Å². The van der Waals surface area contributed by atoms with Gasteiger partial charge in [-0.1, -0.05) is 54.2 Å². The van der Waals surface area contributed by atoms with Crippen molar-refractivity contribution in [3.8, 4) is 5.75 Å². The van der Waals surface area contributed by atoms with Crippen LogP contribution in [0, 0.1) is 6.92 Å². The minimum atomic E-state index is -0.0817. The number of methoxy groups -OCH3 is 1. The van der Waals surface area contributed by atoms with Crippen LogP contribution in [0.4, 0.5) is 11.4 Å². The Morgan fingerprint density at radius 3 is 2.56 bits per heavy atom. The fraction of sp³-hybridized carbons (Fsp3) is 0.160. The first-order valence-electron chi connectivity index (χ1n) is 10.2. The van der Waals surface area contributed by atoms with Gasteiger partial charge in [0.15, 0.2) is 11.0 Å². The van der Waals surface area contributed by atoms with Gasteiger partial charge < -0.3 is 15.0 Å². The Balaban J connectivity index is 1.53. The van der Waals surface area contributed by atoms with E-state index in [0.717, 1.165) is 33.4 Å². The number of ether oxygens (including phenoxy) is 1. The molecule has 0 radical (unpaired) electrons. The highest BCUT2D eigenvalue weighted by molar-refractivity contribution is 8.14. The Bertz CT molecular complexity index is 1140. The van der Waals surface area contributed by atoms with Crippen LogP contribution in [0.15, 0.2) is 88.8 Å². The number of rotatable bonds is 6. The maximum atomic E-state index is 12.6. The van der Waals surface area contributed by atoms with E-state index in [2.05, 4.69) is 10.3 Å². The van der Waals surface area contributed by atoms with Crippen LogP contribution in [0.2, 0.25) is 0 Å². The van der Waals surface area contributed by atoms with Crippen molar-refractivity contribution in [2.75, 3.05) is 29.7 Å². The van der Waals surface area contributed by atoms with Crippen LogP contribution in [-0.2, 0) is 4.79 Å². The van der Waals surface area contributed by atoms with Crippen LogP contribution >= 0.6 is 11.8 Å². The molecule has 0 aromatic heterocycles. The number of anilines is 2. The van der Waals surface area contributed by atoms with Crippen molar-refractivity contribution in [1.29, 1.82) is 0 Å². The van der Waals surface area contributed by atoms with E-state index in [9.17, 15) is 4.79 Å². The van der Waals surface area contributed by atoms with Gasteiger partial charge in [0.25, 0.3) is 0 Å². The molecule has 0 bridgehead atoms. The van der Waals surface area contributed by atoms with Crippen molar-refractivity contribution in [2.24, 2.45) is 9.98 Å². The van der Waals surface area contributed by atoms with Gasteiger partial charge in [0.05, 0.1) is 12.9 Å². The Hall–Kier alpha value is -3.58. The molecule has 3 aromatic carbocycles. The molecule has 4 rings (SSSR count). The molecule has 32 heavy (non-hydrogen) atoms. The van der Waals surface area contributed by atoms with Crippen molar-refractivity contribution >= 4 is 40.0 Å². The smallest absolute Gasteiger partial charge is 0.234 e. The lowest BCUT2D eigenvalue weighted by molar-refractivity contribution is -0.113. The van der Waals surface area contributed by atoms with Gasteiger partial charge in [-0.2, -0.15) is 0 Å². The third kappa shape index (κ3) is 5.36. The lowest BCUT2D eigenvalue weighted by Crippen LogP contribution is -2.34. The zero-order chi connectivity index (χ0) is 22.3. The van der Waals surface area contributed by atoms with Crippen molar-refractivity contribution < 1.29 is 9.53 Å². The zero-order valence-electron chi connectivity index (χ0n) is 18.0. The Kier molecular flexibility index (Phi) is 6.87. The summed E-state index contributed by atoms with van der Waals surface area (Å²) in [5, 5.41) is 3.68. The number of hydrogen-bond donors (Lipinski definition) is 1. The third-order valence-corrected chi connectivity index (χ3v) is 5.82. The molecule has 0 saturated carbocycles. The fourth-order valence-electron chi connectivity index (χ4n) is 3.24. The second kappa shape index (κ2) is 10.2. The van der Waals surface area contributed by atoms with Crippen LogP contribution in [-0.4, -0.2) is 36.4 Å². The van der Waals surface area contributed by atoms with E-state index in [-0.39, 0.29) is 11.7 Å². The van der Waals surface area contributed by atoms with E-state index in [0.29, 0.717) is 12.5 Å². The molecule has 0 atom stereocenters. The van der Waals surface area contributed by atoms with Gasteiger partial charge in [0.2, 0.25) is 5.91 Å². The van der Waals surface area contributed by atoms with Crippen molar-refractivity contribution in [3.05, 3.63) is 90.0 Å². The molecule has 1 aliphatic rings. The molecule has 0 aliphatic carbocycles. The van der Waals surface area contributed by atoms with Crippen LogP contribution in [0.1, 0.15) is 11.1 Å². The molecule has 1 aliphatic heterocycles. The summed E-state index contributed by atoms with van der Waals surface area (Å²) in [6.07, 6.45) is 0. The molecule has 0 unspecified atom stereocenters. The van der Waals surface area contributed by atoms with Gasteiger partial charge >= 0.3 is 0 Å². The van der Waals surface area contributed by atoms with Gasteiger partial charge in [0.1, 0.15) is 12.4 Å². The maximum Gasteiger partial charge on any atom is 0.234 e. The quantitative estimate of drug-likeness (QED) is 0.584. The van der Waals surface area contributed by atoms with Crippen molar-refractivity contribution in [1.82, 2.24) is 0 Å². The highest BCUT2D eigenvalue weighted by Crippen LogP contribution is 2.26. The molecule has 162 valence electrons. The van der Waals surface area contributed by atoms with Gasteiger partial charge in [-0.25, -0.2) is 9.98 Å². The highest BCUT2D eigenvalue weighted by Gasteiger charge is 2.21. The summed E-state index contributed by atoms with van der Waals surface area (Å²) in [6, 6.07) is 25.3. The first-order valence-corrected chi connectivity index (χ1v) is 11.2. The first-order chi connectivity index (χ1) is 15.6. The van der Waals surface area contributed by atoms with E-state index in [4.69, 9.17) is 9.73 Å². The summed E-state index contributed by atoms with van der Waals surface area (Å²) in [5.41, 5.74) is 3.78. The maximum absolute atomic E-state index is 12.6. The minimum Gasteiger partial charge on any atom is -0.497 e. The molecule has 0 spiro atoms. The zero-order valence-corrected chi connectivity index (χ0v) is 18.8. The minimum absolute atomic E-state index is 0.0817. The number of carbonyl (C=O) groups is 1. The van der Waals surface area contributed by atoms with E-state index >= 15 is 0 Å². The molecule has 7 heteroatoms. The van der Waals surface area contributed by atoms with Crippen molar-refractivity contribution in [3.63, 3.8) is 0 Å². The number of nitrogens with one attached hydrogen (secondary N) is 1. The first kappa shape index (κ1) is 21.6. The lowest BCUT2D eigenvalue weighted by atomic mass is 10.2. The predicted octanol–water partition coefficient (Wildman–Crippen LogP) is 4.96. The summed E-state index contributed by atoms with van der Waals surface area (Å²) in [7, 11) is 1.64. The molecule has 6 nitrogen and oxygen atoms in total. The molecule has 1 heterocycles. The molecular weight excluding hydrogens is 420 g/mol. The van der Waals surface area contributed by atoms with Gasteiger partial charge in [0, 0.05) is 16.9 Å². The van der Waals surface area contributed by atoms with E-state index in [1.54, 1.807) is 7.11 Å². The average molecular weight is 445 g/mol. The van der Waals surface area contributed by atoms with Crippen LogP contribution in [0.3, 0.4) is 0 Å². The number of nitrogens with zero attached hydrogens (tertiary/aromatic N) is 3. The SMILES string of the molecule is COc1ccc(N2CN=C(c3ccccc3)N=C2SCC(=O)Nc2cccc(C)c2)cc1. The van der Waals surface area contributed by atoms with Crippen LogP contribution in [0.5, 0.6) is 5.75 Å². The normalized spacial score (nSPS) is 13.2. The number of hydrogen-bond acceptors (Lipinski definition) is 6. The average Bonchev–Trinajstić information content (AvgIpc) is 2.83. The molecule has 1 amide bonds. The Labute approximate surface area is 192 Å². The number of aryl methyl sites for hydroxylation is 1. The van der Waals surface area contributed by atoms with Crippen LogP contribution in [0.25, 0.3) is 0 Å². The van der Waals surface area contributed by atoms with E-state index < -0.39 is 0 Å². The highest BCUT2D eigenvalue weighted by atomic mass is 32.2. The largest absolute Gasteiger partial charge is 0.497 e. The summed E-state index contributed by atoms with van der Waals surface area (Å²) < 4.78 is 5.27. The molecule has 3 aromatic rings. The van der Waals surface area contributed by atoms with E-state index in [1.807, 2.05) is 90.7 Å². The predicted molar refractivity (Wildman–Crippen MR) is 133 cm³/mol. The number of aliphatic imine (C=N–C) groups is 2. The lowest BCUT2D eigenvalue weighted by Gasteiger charge is -2.27. The molecular formula is C25H24N4O2S. The number of amides is 1. The standard InChI is InChI=1S/C25H24N4O2S/c1-18-7-6-10-20(15-18)27-23(30)16-32-25-28-24(19-8-4-3-5-9-19)26-17-29(25)21-11-13-22(31-2)14-12-21/h3-15H,16-17H2,1-2H3,(H,27,30). The Morgan fingerprint density at radius 1 is 1.06 bits per heavy atom. The number of thioether (sulfide) groups is 1. The van der Waals surface area contributed by atoms with Gasteiger partial charge in [-0.3, -0.25) is 4.79 Å².